The topological polar surface area (TPSA) is 99.2 Å². The number of urea groups is 1. The third kappa shape index (κ3) is 3.22. The van der Waals surface area contributed by atoms with E-state index in [1.54, 1.807) is 6.92 Å². The summed E-state index contributed by atoms with van der Waals surface area (Å²) in [7, 11) is 0. The number of hydrogen-bond donors (Lipinski definition) is 3. The van der Waals surface area contributed by atoms with Gasteiger partial charge in [-0.15, -0.1) is 0 Å². The summed E-state index contributed by atoms with van der Waals surface area (Å²) in [6.45, 7) is 1.55. The number of halogens is 2. The Morgan fingerprint density at radius 3 is 2.68 bits per heavy atom. The maximum Gasteiger partial charge on any atom is 0.341 e. The molecule has 1 aromatic heterocycles. The van der Waals surface area contributed by atoms with Crippen molar-refractivity contribution in [2.75, 3.05) is 5.32 Å². The third-order valence-corrected chi connectivity index (χ3v) is 4.64. The van der Waals surface area contributed by atoms with Gasteiger partial charge < -0.3 is 10.6 Å². The molecule has 28 heavy (non-hydrogen) atoms. The minimum Gasteiger partial charge on any atom is -0.328 e. The molecule has 2 unspecified atom stereocenters. The minimum atomic E-state index is -0.886. The Labute approximate surface area is 157 Å². The summed E-state index contributed by atoms with van der Waals surface area (Å²) < 4.78 is 27.6. The second-order valence-electron chi connectivity index (χ2n) is 6.49. The van der Waals surface area contributed by atoms with Gasteiger partial charge in [-0.1, -0.05) is 12.1 Å². The fraction of sp³-hybridized carbons (Fsp3) is 0.158. The smallest absolute Gasteiger partial charge is 0.328 e. The van der Waals surface area contributed by atoms with Crippen LogP contribution >= 0.6 is 0 Å². The first kappa shape index (κ1) is 17.8. The van der Waals surface area contributed by atoms with Crippen molar-refractivity contribution in [3.63, 3.8) is 0 Å². The lowest BCUT2D eigenvalue weighted by Gasteiger charge is -2.30. The number of aliphatic imine (C=N–C) groups is 1. The minimum absolute atomic E-state index is 0.0125. The number of nitrogens with one attached hydrogen (secondary N) is 3. The standard InChI is InChI=1S/C19H15F2N5O2/c1-9-16(17(25-19(28)23-9)10-2-4-12(20)5-3-10)18(27)24-15-6-11-8-22-26-14(11)7-13(15)21/h2-8,16-17H,1H3,(H,22,26)(H,24,27)(H,25,28). The molecule has 0 radical (unpaired) electrons. The van der Waals surface area contributed by atoms with Crippen LogP contribution in [0.1, 0.15) is 18.5 Å². The van der Waals surface area contributed by atoms with E-state index in [1.807, 2.05) is 0 Å². The van der Waals surface area contributed by atoms with Crippen LogP contribution in [0.4, 0.5) is 19.3 Å². The molecule has 3 aromatic rings. The van der Waals surface area contributed by atoms with Crippen molar-refractivity contribution in [3.05, 3.63) is 59.8 Å². The molecular weight excluding hydrogens is 368 g/mol. The van der Waals surface area contributed by atoms with Crippen molar-refractivity contribution in [1.82, 2.24) is 15.5 Å². The lowest BCUT2D eigenvalue weighted by molar-refractivity contribution is -0.118. The summed E-state index contributed by atoms with van der Waals surface area (Å²) in [5.41, 5.74) is 1.30. The number of rotatable bonds is 3. The van der Waals surface area contributed by atoms with Crippen LogP contribution in [0.25, 0.3) is 10.9 Å². The Balaban J connectivity index is 1.67. The summed E-state index contributed by atoms with van der Waals surface area (Å²) in [5.74, 6) is -2.49. The molecule has 9 heteroatoms. The number of nitrogens with zero attached hydrogens (tertiary/aromatic N) is 2. The van der Waals surface area contributed by atoms with Gasteiger partial charge in [0.1, 0.15) is 17.6 Å². The second-order valence-corrected chi connectivity index (χ2v) is 6.49. The predicted octanol–water partition coefficient (Wildman–Crippen LogP) is 3.32. The van der Waals surface area contributed by atoms with Crippen molar-refractivity contribution in [3.8, 4) is 0 Å². The molecule has 2 aromatic carbocycles. The summed E-state index contributed by atoms with van der Waals surface area (Å²) >= 11 is 0. The Morgan fingerprint density at radius 2 is 1.93 bits per heavy atom. The summed E-state index contributed by atoms with van der Waals surface area (Å²) in [4.78, 5) is 28.6. The van der Waals surface area contributed by atoms with E-state index in [0.717, 1.165) is 0 Å². The molecule has 2 heterocycles. The van der Waals surface area contributed by atoms with Gasteiger partial charge in [-0.2, -0.15) is 5.10 Å². The zero-order valence-electron chi connectivity index (χ0n) is 14.7. The third-order valence-electron chi connectivity index (χ3n) is 4.64. The van der Waals surface area contributed by atoms with Crippen LogP contribution in [0, 0.1) is 17.6 Å². The molecule has 3 amide bonds. The Kier molecular flexibility index (Phi) is 4.34. The van der Waals surface area contributed by atoms with Crippen LogP contribution in [0.2, 0.25) is 0 Å². The molecule has 1 aliphatic rings. The van der Waals surface area contributed by atoms with E-state index in [1.165, 1.54) is 42.6 Å². The molecule has 7 nitrogen and oxygen atoms in total. The fourth-order valence-corrected chi connectivity index (χ4v) is 3.28. The fourth-order valence-electron chi connectivity index (χ4n) is 3.28. The van der Waals surface area contributed by atoms with E-state index >= 15 is 0 Å². The predicted molar refractivity (Wildman–Crippen MR) is 99.0 cm³/mol. The number of aromatic nitrogens is 2. The van der Waals surface area contributed by atoms with Gasteiger partial charge in [0.05, 0.1) is 23.4 Å². The molecule has 2 atom stereocenters. The Hall–Kier alpha value is -3.62. The largest absolute Gasteiger partial charge is 0.341 e. The van der Waals surface area contributed by atoms with Gasteiger partial charge in [-0.25, -0.2) is 18.6 Å². The van der Waals surface area contributed by atoms with Crippen LogP contribution in [0.15, 0.2) is 47.6 Å². The first-order valence-electron chi connectivity index (χ1n) is 8.47. The van der Waals surface area contributed by atoms with Crippen LogP contribution in [0.3, 0.4) is 0 Å². The van der Waals surface area contributed by atoms with Crippen LogP contribution in [-0.4, -0.2) is 27.8 Å². The molecule has 142 valence electrons. The highest BCUT2D eigenvalue weighted by molar-refractivity contribution is 6.13. The molecule has 0 spiro atoms. The zero-order chi connectivity index (χ0) is 19.8. The molecule has 0 saturated heterocycles. The van der Waals surface area contributed by atoms with E-state index in [-0.39, 0.29) is 11.4 Å². The van der Waals surface area contributed by atoms with Gasteiger partial charge in [-0.3, -0.25) is 9.89 Å². The number of H-pyrrole nitrogens is 1. The molecule has 0 bridgehead atoms. The molecule has 0 saturated carbocycles. The van der Waals surface area contributed by atoms with Crippen molar-refractivity contribution >= 4 is 34.2 Å². The monoisotopic (exact) mass is 383 g/mol. The van der Waals surface area contributed by atoms with Crippen LogP contribution < -0.4 is 10.6 Å². The number of anilines is 1. The van der Waals surface area contributed by atoms with Gasteiger partial charge in [0.2, 0.25) is 5.91 Å². The highest BCUT2D eigenvalue weighted by Gasteiger charge is 2.37. The van der Waals surface area contributed by atoms with Crippen molar-refractivity contribution in [2.24, 2.45) is 10.9 Å². The maximum atomic E-state index is 14.3. The molecule has 0 fully saturated rings. The number of carbonyl (C=O) groups is 2. The molecule has 4 rings (SSSR count). The Morgan fingerprint density at radius 1 is 1.18 bits per heavy atom. The number of amides is 3. The van der Waals surface area contributed by atoms with Crippen molar-refractivity contribution < 1.29 is 18.4 Å². The highest BCUT2D eigenvalue weighted by atomic mass is 19.1. The van der Waals surface area contributed by atoms with Gasteiger partial charge in [0.15, 0.2) is 0 Å². The Bertz CT molecular complexity index is 1110. The summed E-state index contributed by atoms with van der Waals surface area (Å²) in [6, 6.07) is 6.79. The number of hydrogen-bond acceptors (Lipinski definition) is 3. The van der Waals surface area contributed by atoms with Crippen LogP contribution in [-0.2, 0) is 4.79 Å². The van der Waals surface area contributed by atoms with E-state index in [9.17, 15) is 18.4 Å². The van der Waals surface area contributed by atoms with E-state index in [4.69, 9.17) is 0 Å². The molecule has 1 aliphatic heterocycles. The summed E-state index contributed by atoms with van der Waals surface area (Å²) in [5, 5.41) is 12.3. The van der Waals surface area contributed by atoms with Gasteiger partial charge in [0.25, 0.3) is 0 Å². The van der Waals surface area contributed by atoms with Crippen LogP contribution in [0.5, 0.6) is 0 Å². The molecule has 3 N–H and O–H groups in total. The first-order valence-corrected chi connectivity index (χ1v) is 8.47. The average molecular weight is 383 g/mol. The van der Waals surface area contributed by atoms with Crippen molar-refractivity contribution in [2.45, 2.75) is 13.0 Å². The maximum absolute atomic E-state index is 14.3. The quantitative estimate of drug-likeness (QED) is 0.647. The average Bonchev–Trinajstić information content (AvgIpc) is 3.09. The summed E-state index contributed by atoms with van der Waals surface area (Å²) in [6.07, 6.45) is 1.51. The lowest BCUT2D eigenvalue weighted by Crippen LogP contribution is -2.45. The zero-order valence-corrected chi connectivity index (χ0v) is 14.7. The highest BCUT2D eigenvalue weighted by Crippen LogP contribution is 2.29. The molecule has 0 aliphatic carbocycles. The number of carbonyl (C=O) groups excluding carboxylic acids is 2. The van der Waals surface area contributed by atoms with Gasteiger partial charge in [-0.05, 0) is 30.7 Å². The second kappa shape index (κ2) is 6.84. The molecular formula is C19H15F2N5O2. The lowest BCUT2D eigenvalue weighted by atomic mass is 9.87. The van der Waals surface area contributed by atoms with Gasteiger partial charge >= 0.3 is 6.03 Å². The SMILES string of the molecule is CC1=NC(=O)NC(c2ccc(F)cc2)C1C(=O)Nc1cc2cn[nH]c2cc1F. The van der Waals surface area contributed by atoms with E-state index in [2.05, 4.69) is 25.8 Å². The van der Waals surface area contributed by atoms with Crippen molar-refractivity contribution in [1.29, 1.82) is 0 Å². The first-order chi connectivity index (χ1) is 13.4. The number of benzene rings is 2. The normalized spacial score (nSPS) is 19.2. The van der Waals surface area contributed by atoms with E-state index in [0.29, 0.717) is 16.5 Å². The van der Waals surface area contributed by atoms with E-state index < -0.39 is 35.5 Å². The number of aromatic amines is 1. The number of fused-ring (bicyclic) bond motifs is 1. The van der Waals surface area contributed by atoms with Gasteiger partial charge in [0, 0.05) is 17.2 Å².